The SMILES string of the molecule is COCC(N)CNC(C)C1CCOC1. The molecule has 84 valence electrons. The second-order valence-electron chi connectivity index (χ2n) is 4.04. The molecule has 3 unspecified atom stereocenters. The average Bonchev–Trinajstić information content (AvgIpc) is 2.67. The zero-order chi connectivity index (χ0) is 10.4. The van der Waals surface area contributed by atoms with Crippen LogP contribution in [-0.2, 0) is 9.47 Å². The molecule has 14 heavy (non-hydrogen) atoms. The lowest BCUT2D eigenvalue weighted by Gasteiger charge is -2.21. The fourth-order valence-corrected chi connectivity index (χ4v) is 1.72. The van der Waals surface area contributed by atoms with Crippen molar-refractivity contribution in [3.05, 3.63) is 0 Å². The first kappa shape index (κ1) is 11.9. The molecule has 0 amide bonds. The molecule has 1 heterocycles. The predicted octanol–water partition coefficient (Wildman–Crippen LogP) is -0.0253. The molecule has 1 saturated heterocycles. The second-order valence-corrected chi connectivity index (χ2v) is 4.04. The van der Waals surface area contributed by atoms with E-state index in [0.29, 0.717) is 18.6 Å². The smallest absolute Gasteiger partial charge is 0.0626 e. The average molecular weight is 202 g/mol. The highest BCUT2D eigenvalue weighted by Gasteiger charge is 2.21. The van der Waals surface area contributed by atoms with Crippen molar-refractivity contribution < 1.29 is 9.47 Å². The molecule has 0 aromatic rings. The molecule has 0 aromatic heterocycles. The lowest BCUT2D eigenvalue weighted by molar-refractivity contribution is 0.168. The van der Waals surface area contributed by atoms with Crippen molar-refractivity contribution in [1.29, 1.82) is 0 Å². The zero-order valence-electron chi connectivity index (χ0n) is 9.16. The van der Waals surface area contributed by atoms with Gasteiger partial charge in [0.25, 0.3) is 0 Å². The Balaban J connectivity index is 2.10. The Labute approximate surface area is 86.1 Å². The van der Waals surface area contributed by atoms with E-state index in [-0.39, 0.29) is 6.04 Å². The summed E-state index contributed by atoms with van der Waals surface area (Å²) in [5, 5.41) is 3.42. The number of nitrogens with two attached hydrogens (primary N) is 1. The van der Waals surface area contributed by atoms with Crippen LogP contribution < -0.4 is 11.1 Å². The van der Waals surface area contributed by atoms with Gasteiger partial charge in [-0.3, -0.25) is 0 Å². The van der Waals surface area contributed by atoms with Crippen LogP contribution in [0.15, 0.2) is 0 Å². The van der Waals surface area contributed by atoms with Gasteiger partial charge in [-0.05, 0) is 19.3 Å². The Hall–Kier alpha value is -0.160. The van der Waals surface area contributed by atoms with Crippen molar-refractivity contribution in [3.63, 3.8) is 0 Å². The van der Waals surface area contributed by atoms with Crippen molar-refractivity contribution in [3.8, 4) is 0 Å². The third-order valence-corrected chi connectivity index (χ3v) is 2.75. The van der Waals surface area contributed by atoms with Crippen LogP contribution in [0.3, 0.4) is 0 Å². The molecule has 0 aliphatic carbocycles. The number of hydrogen-bond acceptors (Lipinski definition) is 4. The Morgan fingerprint density at radius 2 is 2.43 bits per heavy atom. The molecule has 1 rings (SSSR count). The monoisotopic (exact) mass is 202 g/mol. The standard InChI is InChI=1S/C10H22N2O2/c1-8(9-3-4-14-6-9)12-5-10(11)7-13-2/h8-10,12H,3-7,11H2,1-2H3. The maximum Gasteiger partial charge on any atom is 0.0626 e. The summed E-state index contributed by atoms with van der Waals surface area (Å²) >= 11 is 0. The molecule has 0 radical (unpaired) electrons. The van der Waals surface area contributed by atoms with Gasteiger partial charge in [0.2, 0.25) is 0 Å². The van der Waals surface area contributed by atoms with Crippen LogP contribution in [0.5, 0.6) is 0 Å². The Bertz CT molecular complexity index is 149. The van der Waals surface area contributed by atoms with Gasteiger partial charge in [0.15, 0.2) is 0 Å². The first-order valence-corrected chi connectivity index (χ1v) is 5.29. The van der Waals surface area contributed by atoms with Crippen molar-refractivity contribution in [1.82, 2.24) is 5.32 Å². The van der Waals surface area contributed by atoms with Crippen molar-refractivity contribution in [2.24, 2.45) is 11.7 Å². The molecular weight excluding hydrogens is 180 g/mol. The van der Waals surface area contributed by atoms with E-state index in [4.69, 9.17) is 15.2 Å². The normalized spacial score (nSPS) is 26.4. The Kier molecular flexibility index (Phi) is 5.40. The maximum absolute atomic E-state index is 5.81. The summed E-state index contributed by atoms with van der Waals surface area (Å²) in [6.07, 6.45) is 1.16. The van der Waals surface area contributed by atoms with Gasteiger partial charge in [-0.25, -0.2) is 0 Å². The van der Waals surface area contributed by atoms with E-state index >= 15 is 0 Å². The van der Waals surface area contributed by atoms with Crippen molar-refractivity contribution >= 4 is 0 Å². The molecule has 0 saturated carbocycles. The van der Waals surface area contributed by atoms with Crippen LogP contribution in [0.4, 0.5) is 0 Å². The minimum Gasteiger partial charge on any atom is -0.383 e. The number of ether oxygens (including phenoxy) is 2. The molecular formula is C10H22N2O2. The van der Waals surface area contributed by atoms with Gasteiger partial charge in [-0.2, -0.15) is 0 Å². The first-order valence-electron chi connectivity index (χ1n) is 5.29. The molecule has 0 aromatic carbocycles. The molecule has 0 spiro atoms. The van der Waals surface area contributed by atoms with E-state index in [9.17, 15) is 0 Å². The summed E-state index contributed by atoms with van der Waals surface area (Å²) in [6, 6.07) is 0.574. The highest BCUT2D eigenvalue weighted by Crippen LogP contribution is 2.15. The Morgan fingerprint density at radius 1 is 1.64 bits per heavy atom. The third-order valence-electron chi connectivity index (χ3n) is 2.75. The summed E-state index contributed by atoms with van der Waals surface area (Å²) in [6.45, 7) is 5.40. The summed E-state index contributed by atoms with van der Waals surface area (Å²) in [5.41, 5.74) is 5.81. The number of methoxy groups -OCH3 is 1. The minimum atomic E-state index is 0.0878. The molecule has 3 N–H and O–H groups in total. The lowest BCUT2D eigenvalue weighted by Crippen LogP contribution is -2.43. The van der Waals surface area contributed by atoms with Crippen molar-refractivity contribution in [2.75, 3.05) is 33.5 Å². The van der Waals surface area contributed by atoms with Gasteiger partial charge in [-0.1, -0.05) is 0 Å². The molecule has 4 heteroatoms. The van der Waals surface area contributed by atoms with Crippen LogP contribution in [0.25, 0.3) is 0 Å². The van der Waals surface area contributed by atoms with Gasteiger partial charge in [-0.15, -0.1) is 0 Å². The highest BCUT2D eigenvalue weighted by molar-refractivity contribution is 4.77. The van der Waals surface area contributed by atoms with Crippen molar-refractivity contribution in [2.45, 2.75) is 25.4 Å². The van der Waals surface area contributed by atoms with E-state index in [2.05, 4.69) is 12.2 Å². The van der Waals surface area contributed by atoms with Crippen LogP contribution in [-0.4, -0.2) is 45.6 Å². The maximum atomic E-state index is 5.81. The van der Waals surface area contributed by atoms with E-state index in [1.165, 1.54) is 0 Å². The fraction of sp³-hybridized carbons (Fsp3) is 1.00. The second kappa shape index (κ2) is 6.35. The van der Waals surface area contributed by atoms with Gasteiger partial charge >= 0.3 is 0 Å². The molecule has 0 bridgehead atoms. The number of rotatable bonds is 6. The van der Waals surface area contributed by atoms with Crippen LogP contribution >= 0.6 is 0 Å². The summed E-state index contributed by atoms with van der Waals surface area (Å²) in [7, 11) is 1.67. The minimum absolute atomic E-state index is 0.0878. The van der Waals surface area contributed by atoms with E-state index in [1.54, 1.807) is 7.11 Å². The first-order chi connectivity index (χ1) is 6.74. The van der Waals surface area contributed by atoms with E-state index in [1.807, 2.05) is 0 Å². The summed E-state index contributed by atoms with van der Waals surface area (Å²) in [5.74, 6) is 0.643. The topological polar surface area (TPSA) is 56.5 Å². The molecule has 1 aliphatic rings. The molecule has 3 atom stereocenters. The van der Waals surface area contributed by atoms with E-state index < -0.39 is 0 Å². The molecule has 4 nitrogen and oxygen atoms in total. The third kappa shape index (κ3) is 3.92. The van der Waals surface area contributed by atoms with Gasteiger partial charge < -0.3 is 20.5 Å². The fourth-order valence-electron chi connectivity index (χ4n) is 1.72. The quantitative estimate of drug-likeness (QED) is 0.635. The highest BCUT2D eigenvalue weighted by atomic mass is 16.5. The number of hydrogen-bond donors (Lipinski definition) is 2. The number of nitrogens with one attached hydrogen (secondary N) is 1. The lowest BCUT2D eigenvalue weighted by atomic mass is 10.0. The van der Waals surface area contributed by atoms with Gasteiger partial charge in [0.1, 0.15) is 0 Å². The van der Waals surface area contributed by atoms with Gasteiger partial charge in [0.05, 0.1) is 13.2 Å². The molecule has 1 fully saturated rings. The summed E-state index contributed by atoms with van der Waals surface area (Å²) < 4.78 is 10.3. The van der Waals surface area contributed by atoms with Crippen LogP contribution in [0.2, 0.25) is 0 Å². The molecule has 1 aliphatic heterocycles. The van der Waals surface area contributed by atoms with Crippen LogP contribution in [0.1, 0.15) is 13.3 Å². The predicted molar refractivity (Wildman–Crippen MR) is 56.2 cm³/mol. The van der Waals surface area contributed by atoms with Crippen LogP contribution in [0, 0.1) is 5.92 Å². The Morgan fingerprint density at radius 3 is 3.00 bits per heavy atom. The largest absolute Gasteiger partial charge is 0.383 e. The summed E-state index contributed by atoms with van der Waals surface area (Å²) in [4.78, 5) is 0. The van der Waals surface area contributed by atoms with Gasteiger partial charge in [0, 0.05) is 32.3 Å². The van der Waals surface area contributed by atoms with E-state index in [0.717, 1.165) is 26.2 Å². The zero-order valence-corrected chi connectivity index (χ0v) is 9.16.